The van der Waals surface area contributed by atoms with Crippen molar-refractivity contribution in [1.82, 2.24) is 0 Å². The fourth-order valence-corrected chi connectivity index (χ4v) is 0.898. The Morgan fingerprint density at radius 3 is 2.36 bits per heavy atom. The molecule has 0 aliphatic heterocycles. The molecule has 0 saturated carbocycles. The first-order valence-electron chi connectivity index (χ1n) is 3.61. The lowest BCUT2D eigenvalue weighted by Crippen LogP contribution is -2.17. The van der Waals surface area contributed by atoms with Gasteiger partial charge in [0, 0.05) is 11.8 Å². The number of halogens is 3. The van der Waals surface area contributed by atoms with E-state index in [9.17, 15) is 13.2 Å². The van der Waals surface area contributed by atoms with Crippen LogP contribution in [-0.4, -0.2) is 13.5 Å². The van der Waals surface area contributed by atoms with Gasteiger partial charge in [0.25, 0.3) is 0 Å². The highest BCUT2D eigenvalue weighted by Crippen LogP contribution is 2.33. The average Bonchev–Trinajstić information content (AvgIpc) is 2.01. The van der Waals surface area contributed by atoms with E-state index in [0.29, 0.717) is 0 Å². The SMILES string of the molecule is COc1ccc(N)cc1OC(F)(F)F. The van der Waals surface area contributed by atoms with Crippen molar-refractivity contribution in [2.75, 3.05) is 12.8 Å². The molecular formula is C8H8F3NO2. The lowest BCUT2D eigenvalue weighted by Gasteiger charge is -2.12. The van der Waals surface area contributed by atoms with Crippen LogP contribution in [0, 0.1) is 0 Å². The van der Waals surface area contributed by atoms with Crippen molar-refractivity contribution in [3.05, 3.63) is 18.2 Å². The molecule has 0 aliphatic carbocycles. The standard InChI is InChI=1S/C8H8F3NO2/c1-13-6-3-2-5(12)4-7(6)14-8(9,10)11/h2-4H,12H2,1H3. The van der Waals surface area contributed by atoms with Crippen molar-refractivity contribution in [1.29, 1.82) is 0 Å². The zero-order valence-corrected chi connectivity index (χ0v) is 7.26. The second-order valence-electron chi connectivity index (χ2n) is 2.46. The summed E-state index contributed by atoms with van der Waals surface area (Å²) in [7, 11) is 1.24. The summed E-state index contributed by atoms with van der Waals surface area (Å²) >= 11 is 0. The summed E-state index contributed by atoms with van der Waals surface area (Å²) < 4.78 is 44.0. The molecule has 0 aromatic heterocycles. The predicted molar refractivity (Wildman–Crippen MR) is 44.1 cm³/mol. The summed E-state index contributed by atoms with van der Waals surface area (Å²) in [6, 6.07) is 3.77. The van der Waals surface area contributed by atoms with Gasteiger partial charge in [-0.05, 0) is 12.1 Å². The van der Waals surface area contributed by atoms with Crippen LogP contribution in [0.4, 0.5) is 18.9 Å². The quantitative estimate of drug-likeness (QED) is 0.756. The summed E-state index contributed by atoms with van der Waals surface area (Å²) in [5.74, 6) is -0.462. The first kappa shape index (κ1) is 10.5. The summed E-state index contributed by atoms with van der Waals surface area (Å²) in [6.45, 7) is 0. The van der Waals surface area contributed by atoms with Crippen LogP contribution in [-0.2, 0) is 0 Å². The Morgan fingerprint density at radius 1 is 1.21 bits per heavy atom. The Labute approximate surface area is 78.2 Å². The van der Waals surface area contributed by atoms with Gasteiger partial charge < -0.3 is 15.2 Å². The number of alkyl halides is 3. The highest BCUT2D eigenvalue weighted by Gasteiger charge is 2.32. The van der Waals surface area contributed by atoms with Gasteiger partial charge in [-0.25, -0.2) is 0 Å². The molecule has 0 aliphatic rings. The van der Waals surface area contributed by atoms with Gasteiger partial charge in [-0.2, -0.15) is 0 Å². The first-order chi connectivity index (χ1) is 6.42. The highest BCUT2D eigenvalue weighted by atomic mass is 19.4. The minimum Gasteiger partial charge on any atom is -0.493 e. The van der Waals surface area contributed by atoms with Gasteiger partial charge in [-0.1, -0.05) is 0 Å². The minimum absolute atomic E-state index is 0.0171. The van der Waals surface area contributed by atoms with E-state index in [0.717, 1.165) is 6.07 Å². The highest BCUT2D eigenvalue weighted by molar-refractivity contribution is 5.51. The van der Waals surface area contributed by atoms with Gasteiger partial charge in [-0.3, -0.25) is 0 Å². The number of nitrogens with two attached hydrogens (primary N) is 1. The summed E-state index contributed by atoms with van der Waals surface area (Å²) in [4.78, 5) is 0. The van der Waals surface area contributed by atoms with E-state index >= 15 is 0 Å². The van der Waals surface area contributed by atoms with Crippen LogP contribution in [0.5, 0.6) is 11.5 Å². The number of ether oxygens (including phenoxy) is 2. The van der Waals surface area contributed by atoms with Crippen molar-refractivity contribution in [3.8, 4) is 11.5 Å². The molecule has 1 aromatic rings. The molecule has 0 radical (unpaired) electrons. The van der Waals surface area contributed by atoms with Gasteiger partial charge in [0.1, 0.15) is 0 Å². The minimum atomic E-state index is -4.75. The van der Waals surface area contributed by atoms with Crippen LogP contribution in [0.15, 0.2) is 18.2 Å². The second kappa shape index (κ2) is 3.65. The lowest BCUT2D eigenvalue weighted by atomic mass is 10.3. The number of hydrogen-bond acceptors (Lipinski definition) is 3. The fourth-order valence-electron chi connectivity index (χ4n) is 0.898. The molecule has 0 amide bonds. The van der Waals surface area contributed by atoms with Crippen LogP contribution < -0.4 is 15.2 Å². The third-order valence-corrected chi connectivity index (χ3v) is 1.41. The maximum absolute atomic E-state index is 11.9. The van der Waals surface area contributed by atoms with Gasteiger partial charge in [0.2, 0.25) is 0 Å². The summed E-state index contributed by atoms with van der Waals surface area (Å²) in [6.07, 6.45) is -4.75. The largest absolute Gasteiger partial charge is 0.573 e. The Kier molecular flexibility index (Phi) is 2.73. The van der Waals surface area contributed by atoms with E-state index in [-0.39, 0.29) is 11.4 Å². The van der Waals surface area contributed by atoms with Crippen LogP contribution in [0.3, 0.4) is 0 Å². The molecule has 0 bridgehead atoms. The molecule has 14 heavy (non-hydrogen) atoms. The molecular weight excluding hydrogens is 199 g/mol. The fraction of sp³-hybridized carbons (Fsp3) is 0.250. The predicted octanol–water partition coefficient (Wildman–Crippen LogP) is 2.18. The van der Waals surface area contributed by atoms with E-state index in [1.807, 2.05) is 0 Å². The summed E-state index contributed by atoms with van der Waals surface area (Å²) in [5.41, 5.74) is 5.47. The Morgan fingerprint density at radius 2 is 1.86 bits per heavy atom. The number of benzene rings is 1. The van der Waals surface area contributed by atoms with Crippen molar-refractivity contribution in [2.24, 2.45) is 0 Å². The topological polar surface area (TPSA) is 44.5 Å². The van der Waals surface area contributed by atoms with Gasteiger partial charge in [0.05, 0.1) is 7.11 Å². The zero-order valence-electron chi connectivity index (χ0n) is 7.26. The van der Waals surface area contributed by atoms with E-state index < -0.39 is 12.1 Å². The Hall–Kier alpha value is -1.59. The Bertz CT molecular complexity index is 325. The molecule has 0 fully saturated rings. The average molecular weight is 207 g/mol. The third-order valence-electron chi connectivity index (χ3n) is 1.41. The first-order valence-corrected chi connectivity index (χ1v) is 3.61. The van der Waals surface area contributed by atoms with Crippen LogP contribution in [0.2, 0.25) is 0 Å². The maximum atomic E-state index is 11.9. The zero-order chi connectivity index (χ0) is 10.8. The van der Waals surface area contributed by atoms with Gasteiger partial charge >= 0.3 is 6.36 Å². The van der Waals surface area contributed by atoms with Crippen LogP contribution in [0.25, 0.3) is 0 Å². The smallest absolute Gasteiger partial charge is 0.493 e. The van der Waals surface area contributed by atoms with Crippen molar-refractivity contribution < 1.29 is 22.6 Å². The molecule has 0 atom stereocenters. The van der Waals surface area contributed by atoms with Crippen molar-refractivity contribution >= 4 is 5.69 Å². The molecule has 0 spiro atoms. The normalized spacial score (nSPS) is 11.1. The van der Waals surface area contributed by atoms with Crippen molar-refractivity contribution in [2.45, 2.75) is 6.36 Å². The number of methoxy groups -OCH3 is 1. The molecule has 78 valence electrons. The van der Waals surface area contributed by atoms with Crippen molar-refractivity contribution in [3.63, 3.8) is 0 Å². The Balaban J connectivity index is 2.99. The number of rotatable bonds is 2. The monoisotopic (exact) mass is 207 g/mol. The van der Waals surface area contributed by atoms with E-state index in [1.165, 1.54) is 19.2 Å². The number of anilines is 1. The second-order valence-corrected chi connectivity index (χ2v) is 2.46. The third kappa shape index (κ3) is 2.72. The molecule has 3 nitrogen and oxygen atoms in total. The molecule has 6 heteroatoms. The summed E-state index contributed by atoms with van der Waals surface area (Å²) in [5, 5.41) is 0. The van der Waals surface area contributed by atoms with Crippen LogP contribution in [0.1, 0.15) is 0 Å². The van der Waals surface area contributed by atoms with E-state index in [1.54, 1.807) is 0 Å². The molecule has 0 unspecified atom stereocenters. The number of nitrogen functional groups attached to an aromatic ring is 1. The molecule has 2 N–H and O–H groups in total. The number of hydrogen-bond donors (Lipinski definition) is 1. The molecule has 0 heterocycles. The maximum Gasteiger partial charge on any atom is 0.573 e. The van der Waals surface area contributed by atoms with Gasteiger partial charge in [-0.15, -0.1) is 13.2 Å². The molecule has 1 aromatic carbocycles. The van der Waals surface area contributed by atoms with Gasteiger partial charge in [0.15, 0.2) is 11.5 Å². The van der Waals surface area contributed by atoms with Crippen LogP contribution >= 0.6 is 0 Å². The molecule has 0 saturated heterocycles. The van der Waals surface area contributed by atoms with E-state index in [4.69, 9.17) is 5.73 Å². The van der Waals surface area contributed by atoms with E-state index in [2.05, 4.69) is 9.47 Å². The molecule has 1 rings (SSSR count). The lowest BCUT2D eigenvalue weighted by molar-refractivity contribution is -0.275.